The first-order valence-corrected chi connectivity index (χ1v) is 8.37. The number of hydrogen-bond donors (Lipinski definition) is 4. The van der Waals surface area contributed by atoms with Crippen molar-refractivity contribution >= 4 is 45.5 Å². The third-order valence-electron chi connectivity index (χ3n) is 3.03. The van der Waals surface area contributed by atoms with Gasteiger partial charge in [0.15, 0.2) is 5.11 Å². The Morgan fingerprint density at radius 3 is 2.59 bits per heavy atom. The molecule has 1 aromatic heterocycles. The normalized spacial score (nSPS) is 13.6. The van der Waals surface area contributed by atoms with Crippen LogP contribution in [0.1, 0.15) is 41.9 Å². The molecule has 2 rings (SSSR count). The van der Waals surface area contributed by atoms with Crippen LogP contribution in [-0.2, 0) is 4.79 Å². The van der Waals surface area contributed by atoms with E-state index >= 15 is 0 Å². The minimum atomic E-state index is -0.276. The van der Waals surface area contributed by atoms with Crippen LogP contribution < -0.4 is 21.5 Å². The van der Waals surface area contributed by atoms with Crippen molar-refractivity contribution in [1.82, 2.24) is 16.2 Å². The number of thiocarbonyl (C=S) groups is 1. The molecule has 4 N–H and O–H groups in total. The van der Waals surface area contributed by atoms with E-state index in [0.717, 1.165) is 18.4 Å². The lowest BCUT2D eigenvalue weighted by Gasteiger charge is -2.13. The second kappa shape index (κ2) is 7.06. The number of rotatable bonds is 4. The number of thiophene rings is 1. The number of aryl methyl sites for hydroxylation is 1. The molecule has 0 atom stereocenters. The maximum absolute atomic E-state index is 12.1. The maximum atomic E-state index is 12.1. The Morgan fingerprint density at radius 2 is 2.00 bits per heavy atom. The van der Waals surface area contributed by atoms with Crippen molar-refractivity contribution in [3.63, 3.8) is 0 Å². The van der Waals surface area contributed by atoms with Crippen LogP contribution >= 0.6 is 23.6 Å². The van der Waals surface area contributed by atoms with Crippen LogP contribution in [0.15, 0.2) is 6.07 Å². The largest absolute Gasteiger partial charge is 0.359 e. The van der Waals surface area contributed by atoms with E-state index < -0.39 is 0 Å². The van der Waals surface area contributed by atoms with Crippen LogP contribution in [0.5, 0.6) is 0 Å². The molecule has 0 saturated heterocycles. The summed E-state index contributed by atoms with van der Waals surface area (Å²) in [7, 11) is 0. The van der Waals surface area contributed by atoms with Crippen LogP contribution in [0, 0.1) is 12.8 Å². The minimum Gasteiger partial charge on any atom is -0.359 e. The van der Waals surface area contributed by atoms with Gasteiger partial charge in [-0.15, -0.1) is 11.3 Å². The van der Waals surface area contributed by atoms with Crippen molar-refractivity contribution in [2.24, 2.45) is 5.92 Å². The molecule has 22 heavy (non-hydrogen) atoms. The van der Waals surface area contributed by atoms with Gasteiger partial charge in [-0.1, -0.05) is 0 Å². The fourth-order valence-corrected chi connectivity index (χ4v) is 3.06. The molecule has 0 radical (unpaired) electrons. The number of carbonyl (C=O) groups excluding carboxylic acids is 2. The summed E-state index contributed by atoms with van der Waals surface area (Å²) in [5.41, 5.74) is 6.03. The highest BCUT2D eigenvalue weighted by atomic mass is 32.1. The summed E-state index contributed by atoms with van der Waals surface area (Å²) in [6, 6.07) is 1.99. The van der Waals surface area contributed by atoms with E-state index in [1.54, 1.807) is 0 Å². The summed E-state index contributed by atoms with van der Waals surface area (Å²) in [5.74, 6) is -0.100. The number of carbonyl (C=O) groups is 2. The molecule has 1 saturated carbocycles. The molecular weight excluding hydrogens is 320 g/mol. The topological polar surface area (TPSA) is 82.3 Å². The standard InChI is InChI=1S/C14H20N4O2S2/c1-7(2)15-14(21)18-17-13(20)11-8(3)6-10(22-11)16-12(19)9-4-5-9/h6-7,9H,4-5H2,1-3H3,(H,16,19)(H,17,20)(H2,15,18,21). The Morgan fingerprint density at radius 1 is 1.32 bits per heavy atom. The third-order valence-corrected chi connectivity index (χ3v) is 4.40. The molecule has 120 valence electrons. The maximum Gasteiger partial charge on any atom is 0.280 e. The molecule has 8 heteroatoms. The Kier molecular flexibility index (Phi) is 5.36. The van der Waals surface area contributed by atoms with Crippen LogP contribution in [0.25, 0.3) is 0 Å². The summed E-state index contributed by atoms with van der Waals surface area (Å²) in [4.78, 5) is 24.4. The first kappa shape index (κ1) is 16.7. The molecule has 0 bridgehead atoms. The Balaban J connectivity index is 1.90. The van der Waals surface area contributed by atoms with Gasteiger partial charge in [-0.2, -0.15) is 0 Å². The van der Waals surface area contributed by atoms with Gasteiger partial charge in [-0.25, -0.2) is 0 Å². The van der Waals surface area contributed by atoms with Crippen molar-refractivity contribution in [1.29, 1.82) is 0 Å². The van der Waals surface area contributed by atoms with Crippen molar-refractivity contribution in [2.45, 2.75) is 39.7 Å². The van der Waals surface area contributed by atoms with Crippen LogP contribution in [0.4, 0.5) is 5.00 Å². The smallest absolute Gasteiger partial charge is 0.280 e. The van der Waals surface area contributed by atoms with Gasteiger partial charge >= 0.3 is 0 Å². The summed E-state index contributed by atoms with van der Waals surface area (Å²) in [6.45, 7) is 5.74. The summed E-state index contributed by atoms with van der Waals surface area (Å²) >= 11 is 6.30. The van der Waals surface area contributed by atoms with E-state index in [4.69, 9.17) is 12.2 Å². The predicted octanol–water partition coefficient (Wildman–Crippen LogP) is 1.92. The van der Waals surface area contributed by atoms with Gasteiger partial charge in [0.25, 0.3) is 5.91 Å². The van der Waals surface area contributed by atoms with Crippen LogP contribution in [0.2, 0.25) is 0 Å². The second-order valence-corrected chi connectivity index (χ2v) is 7.05. The number of amides is 2. The van der Waals surface area contributed by atoms with E-state index in [0.29, 0.717) is 15.0 Å². The first-order chi connectivity index (χ1) is 10.4. The molecule has 2 amide bonds. The Hall–Kier alpha value is -1.67. The molecular formula is C14H20N4O2S2. The van der Waals surface area contributed by atoms with E-state index in [9.17, 15) is 9.59 Å². The highest BCUT2D eigenvalue weighted by molar-refractivity contribution is 7.80. The molecule has 6 nitrogen and oxygen atoms in total. The van der Waals surface area contributed by atoms with Gasteiger partial charge in [0.2, 0.25) is 5.91 Å². The highest BCUT2D eigenvalue weighted by Crippen LogP contribution is 2.32. The minimum absolute atomic E-state index is 0.0358. The fraction of sp³-hybridized carbons (Fsp3) is 0.500. The van der Waals surface area contributed by atoms with Gasteiger partial charge in [0.05, 0.1) is 9.88 Å². The van der Waals surface area contributed by atoms with Crippen molar-refractivity contribution in [3.8, 4) is 0 Å². The average Bonchev–Trinajstić information content (AvgIpc) is 3.20. The van der Waals surface area contributed by atoms with Crippen molar-refractivity contribution in [3.05, 3.63) is 16.5 Å². The Labute approximate surface area is 139 Å². The van der Waals surface area contributed by atoms with Crippen LogP contribution in [-0.4, -0.2) is 23.0 Å². The number of anilines is 1. The SMILES string of the molecule is Cc1cc(NC(=O)C2CC2)sc1C(=O)NNC(=S)NC(C)C. The molecule has 1 aliphatic rings. The van der Waals surface area contributed by atoms with Gasteiger partial charge in [-0.3, -0.25) is 20.4 Å². The lowest BCUT2D eigenvalue weighted by Crippen LogP contribution is -2.48. The molecule has 1 heterocycles. The zero-order chi connectivity index (χ0) is 16.3. The molecule has 0 aliphatic heterocycles. The Bertz CT molecular complexity index is 594. The van der Waals surface area contributed by atoms with Crippen molar-refractivity contribution in [2.75, 3.05) is 5.32 Å². The first-order valence-electron chi connectivity index (χ1n) is 7.15. The second-order valence-electron chi connectivity index (χ2n) is 5.59. The van der Waals surface area contributed by atoms with E-state index in [2.05, 4.69) is 21.5 Å². The van der Waals surface area contributed by atoms with Crippen LogP contribution in [0.3, 0.4) is 0 Å². The zero-order valence-electron chi connectivity index (χ0n) is 12.8. The molecule has 0 aromatic carbocycles. The quantitative estimate of drug-likeness (QED) is 0.497. The number of hydrogen-bond acceptors (Lipinski definition) is 4. The fourth-order valence-electron chi connectivity index (χ4n) is 1.81. The lowest BCUT2D eigenvalue weighted by atomic mass is 10.3. The summed E-state index contributed by atoms with van der Waals surface area (Å²) in [6.07, 6.45) is 1.90. The van der Waals surface area contributed by atoms with Gasteiger partial charge in [0.1, 0.15) is 0 Å². The average molecular weight is 340 g/mol. The van der Waals surface area contributed by atoms with Gasteiger partial charge in [-0.05, 0) is 57.5 Å². The third kappa shape index (κ3) is 4.67. The van der Waals surface area contributed by atoms with Gasteiger partial charge < -0.3 is 10.6 Å². The summed E-state index contributed by atoms with van der Waals surface area (Å²) < 4.78 is 0. The molecule has 1 aromatic rings. The van der Waals surface area contributed by atoms with E-state index in [1.807, 2.05) is 26.8 Å². The summed E-state index contributed by atoms with van der Waals surface area (Å²) in [5, 5.41) is 6.88. The number of hydrazine groups is 1. The number of nitrogens with one attached hydrogen (secondary N) is 4. The predicted molar refractivity (Wildman–Crippen MR) is 91.9 cm³/mol. The van der Waals surface area contributed by atoms with Gasteiger partial charge in [0, 0.05) is 12.0 Å². The molecule has 0 spiro atoms. The highest BCUT2D eigenvalue weighted by Gasteiger charge is 2.30. The van der Waals surface area contributed by atoms with Crippen molar-refractivity contribution < 1.29 is 9.59 Å². The molecule has 0 unspecified atom stereocenters. The monoisotopic (exact) mass is 340 g/mol. The molecule has 1 fully saturated rings. The lowest BCUT2D eigenvalue weighted by molar-refractivity contribution is -0.117. The van der Waals surface area contributed by atoms with E-state index in [-0.39, 0.29) is 23.8 Å². The zero-order valence-corrected chi connectivity index (χ0v) is 14.4. The molecule has 1 aliphatic carbocycles. The van der Waals surface area contributed by atoms with E-state index in [1.165, 1.54) is 11.3 Å².